The number of nitrogens with zero attached hydrogens (tertiary/aromatic N) is 5. The number of rotatable bonds is 8. The smallest absolute Gasteiger partial charge is 0.248 e. The van der Waals surface area contributed by atoms with Gasteiger partial charge < -0.3 is 20.3 Å². The highest BCUT2D eigenvalue weighted by molar-refractivity contribution is 6.01. The first-order chi connectivity index (χ1) is 14.2. The maximum absolute atomic E-state index is 5.44. The van der Waals surface area contributed by atoms with Crippen LogP contribution in [-0.4, -0.2) is 106 Å². The zero-order chi connectivity index (χ0) is 20.1. The molecule has 4 aliphatic rings. The van der Waals surface area contributed by atoms with Crippen LogP contribution < -0.4 is 16.1 Å². The molecule has 0 aromatic rings. The Morgan fingerprint density at radius 1 is 1.21 bits per heavy atom. The average molecular weight is 405 g/mol. The summed E-state index contributed by atoms with van der Waals surface area (Å²) in [7, 11) is 4.20. The van der Waals surface area contributed by atoms with Crippen molar-refractivity contribution in [3.8, 4) is 0 Å². The first-order valence-electron chi connectivity index (χ1n) is 11.0. The molecule has 29 heavy (non-hydrogen) atoms. The van der Waals surface area contributed by atoms with Gasteiger partial charge in [0.15, 0.2) is 0 Å². The summed E-state index contributed by atoms with van der Waals surface area (Å²) in [6.45, 7) is 8.73. The van der Waals surface area contributed by atoms with Gasteiger partial charge in [0.2, 0.25) is 11.9 Å². The monoisotopic (exact) mass is 404 g/mol. The average Bonchev–Trinajstić information content (AvgIpc) is 3.12. The number of aliphatic imine (C=N–C) groups is 2. The van der Waals surface area contributed by atoms with E-state index in [2.05, 4.69) is 50.0 Å². The zero-order valence-corrected chi connectivity index (χ0v) is 17.9. The molecule has 1 aliphatic carbocycles. The van der Waals surface area contributed by atoms with E-state index in [0.717, 1.165) is 90.2 Å². The molecule has 3 aliphatic heterocycles. The van der Waals surface area contributed by atoms with Crippen LogP contribution in [0.15, 0.2) is 21.3 Å². The van der Waals surface area contributed by atoms with Crippen molar-refractivity contribution in [1.29, 1.82) is 0 Å². The molecular formula is C20H36N8O. The summed E-state index contributed by atoms with van der Waals surface area (Å²) >= 11 is 0. The highest BCUT2D eigenvalue weighted by Crippen LogP contribution is 2.30. The van der Waals surface area contributed by atoms with Crippen LogP contribution in [0.25, 0.3) is 0 Å². The van der Waals surface area contributed by atoms with Crippen molar-refractivity contribution in [2.24, 2.45) is 9.98 Å². The van der Waals surface area contributed by atoms with Crippen LogP contribution in [0.3, 0.4) is 0 Å². The number of nitrogens with one attached hydrogen (secondary N) is 3. The Labute approximate surface area is 174 Å². The Bertz CT molecular complexity index is 653. The molecule has 1 saturated heterocycles. The number of fused-ring (bicyclic) bond motifs is 1. The van der Waals surface area contributed by atoms with Crippen molar-refractivity contribution in [1.82, 2.24) is 30.9 Å². The fourth-order valence-electron chi connectivity index (χ4n) is 4.31. The number of guanidine groups is 2. The van der Waals surface area contributed by atoms with Gasteiger partial charge in [-0.1, -0.05) is 0 Å². The quantitative estimate of drug-likeness (QED) is 0.484. The molecule has 0 amide bonds. The predicted octanol–water partition coefficient (Wildman–Crippen LogP) is -0.198. The third-order valence-corrected chi connectivity index (χ3v) is 5.92. The molecule has 3 heterocycles. The van der Waals surface area contributed by atoms with E-state index in [1.807, 2.05) is 0 Å². The van der Waals surface area contributed by atoms with E-state index < -0.39 is 0 Å². The van der Waals surface area contributed by atoms with Gasteiger partial charge in [-0.2, -0.15) is 4.99 Å². The molecule has 3 N–H and O–H groups in total. The SMILES string of the molecule is CN(C)CCCNC1=NC2=NC3=C(CCCC3NCCN3CCOCC3)CN2N1. The van der Waals surface area contributed by atoms with Gasteiger partial charge >= 0.3 is 0 Å². The lowest BCUT2D eigenvalue weighted by molar-refractivity contribution is 0.0382. The number of ether oxygens (including phenoxy) is 1. The molecule has 0 bridgehead atoms. The minimum Gasteiger partial charge on any atom is -0.379 e. The molecule has 1 unspecified atom stereocenters. The lowest BCUT2D eigenvalue weighted by Crippen LogP contribution is -2.48. The highest BCUT2D eigenvalue weighted by atomic mass is 16.5. The second-order valence-electron chi connectivity index (χ2n) is 8.50. The van der Waals surface area contributed by atoms with Crippen LogP contribution in [0.2, 0.25) is 0 Å². The molecule has 0 aromatic carbocycles. The molecule has 0 saturated carbocycles. The third kappa shape index (κ3) is 5.48. The molecule has 9 heteroatoms. The van der Waals surface area contributed by atoms with Gasteiger partial charge in [-0.15, -0.1) is 0 Å². The second kappa shape index (κ2) is 9.88. The minimum absolute atomic E-state index is 0.349. The summed E-state index contributed by atoms with van der Waals surface area (Å²) in [5.74, 6) is 1.61. The van der Waals surface area contributed by atoms with E-state index in [1.165, 1.54) is 17.7 Å². The summed E-state index contributed by atoms with van der Waals surface area (Å²) in [6, 6.07) is 0.349. The van der Waals surface area contributed by atoms with E-state index in [4.69, 9.17) is 9.73 Å². The summed E-state index contributed by atoms with van der Waals surface area (Å²) in [6.07, 6.45) is 4.61. The third-order valence-electron chi connectivity index (χ3n) is 5.92. The summed E-state index contributed by atoms with van der Waals surface area (Å²) in [5, 5.41) is 9.23. The summed E-state index contributed by atoms with van der Waals surface area (Å²) in [5.41, 5.74) is 6.04. The number of hydrogen-bond donors (Lipinski definition) is 3. The Balaban J connectivity index is 1.30. The van der Waals surface area contributed by atoms with Crippen LogP contribution in [0, 0.1) is 0 Å². The zero-order valence-electron chi connectivity index (χ0n) is 17.9. The van der Waals surface area contributed by atoms with Gasteiger partial charge in [-0.25, -0.2) is 10.0 Å². The van der Waals surface area contributed by atoms with Crippen LogP contribution in [0.5, 0.6) is 0 Å². The molecule has 1 atom stereocenters. The highest BCUT2D eigenvalue weighted by Gasteiger charge is 2.32. The molecule has 4 rings (SSSR count). The summed E-state index contributed by atoms with van der Waals surface area (Å²) in [4.78, 5) is 14.3. The van der Waals surface area contributed by atoms with E-state index in [1.54, 1.807) is 0 Å². The molecule has 162 valence electrons. The van der Waals surface area contributed by atoms with Crippen LogP contribution in [0.1, 0.15) is 25.7 Å². The van der Waals surface area contributed by atoms with E-state index in [-0.39, 0.29) is 0 Å². The lowest BCUT2D eigenvalue weighted by Gasteiger charge is -2.34. The minimum atomic E-state index is 0.349. The Morgan fingerprint density at radius 2 is 2.07 bits per heavy atom. The van der Waals surface area contributed by atoms with E-state index in [9.17, 15) is 0 Å². The van der Waals surface area contributed by atoms with Gasteiger partial charge in [-0.05, 0) is 51.9 Å². The van der Waals surface area contributed by atoms with Crippen molar-refractivity contribution in [3.05, 3.63) is 11.3 Å². The van der Waals surface area contributed by atoms with E-state index in [0.29, 0.717) is 6.04 Å². The first kappa shape index (κ1) is 20.6. The standard InChI is InChI=1S/C20H36N8O/c1-26(2)9-4-7-22-19-24-20-23-18-16(15-28(20)25-19)5-3-6-17(18)21-8-10-27-11-13-29-14-12-27/h17,21H,3-15H2,1-2H3,(H2,22,23,24,25). The van der Waals surface area contributed by atoms with Crippen LogP contribution >= 0.6 is 0 Å². The van der Waals surface area contributed by atoms with Crippen molar-refractivity contribution in [3.63, 3.8) is 0 Å². The van der Waals surface area contributed by atoms with Gasteiger partial charge in [0.25, 0.3) is 0 Å². The Hall–Kier alpha value is -1.68. The fourth-order valence-corrected chi connectivity index (χ4v) is 4.31. The molecular weight excluding hydrogens is 368 g/mol. The number of hydrazine groups is 1. The molecule has 9 nitrogen and oxygen atoms in total. The molecule has 0 spiro atoms. The maximum atomic E-state index is 5.44. The second-order valence-corrected chi connectivity index (χ2v) is 8.50. The normalized spacial score (nSPS) is 24.8. The molecule has 0 radical (unpaired) electrons. The molecule has 0 aromatic heterocycles. The van der Waals surface area contributed by atoms with Gasteiger partial charge in [0.05, 0.1) is 25.5 Å². The van der Waals surface area contributed by atoms with Crippen molar-refractivity contribution >= 4 is 11.9 Å². The van der Waals surface area contributed by atoms with Gasteiger partial charge in [0.1, 0.15) is 0 Å². The number of morpholine rings is 1. The van der Waals surface area contributed by atoms with Crippen LogP contribution in [-0.2, 0) is 4.74 Å². The van der Waals surface area contributed by atoms with Crippen molar-refractivity contribution in [2.45, 2.75) is 31.7 Å². The Morgan fingerprint density at radius 3 is 2.90 bits per heavy atom. The van der Waals surface area contributed by atoms with Gasteiger partial charge in [-0.3, -0.25) is 10.3 Å². The predicted molar refractivity (Wildman–Crippen MR) is 116 cm³/mol. The topological polar surface area (TPSA) is 79.8 Å². The molecule has 1 fully saturated rings. The lowest BCUT2D eigenvalue weighted by atomic mass is 9.91. The maximum Gasteiger partial charge on any atom is 0.248 e. The fraction of sp³-hybridized carbons (Fsp3) is 0.800. The first-order valence-corrected chi connectivity index (χ1v) is 11.0. The van der Waals surface area contributed by atoms with Gasteiger partial charge in [0, 0.05) is 38.8 Å². The Kier molecular flexibility index (Phi) is 7.02. The van der Waals surface area contributed by atoms with E-state index >= 15 is 0 Å². The van der Waals surface area contributed by atoms with Crippen molar-refractivity contribution < 1.29 is 4.74 Å². The number of hydrogen-bond acceptors (Lipinski definition) is 9. The summed E-state index contributed by atoms with van der Waals surface area (Å²) < 4.78 is 5.44. The van der Waals surface area contributed by atoms with Crippen molar-refractivity contribution in [2.75, 3.05) is 73.1 Å². The van der Waals surface area contributed by atoms with Crippen LogP contribution in [0.4, 0.5) is 0 Å². The largest absolute Gasteiger partial charge is 0.379 e.